The van der Waals surface area contributed by atoms with Crippen molar-refractivity contribution in [1.82, 2.24) is 10.5 Å². The summed E-state index contributed by atoms with van der Waals surface area (Å²) in [4.78, 5) is 24.1. The number of aromatic hydroxyl groups is 1. The number of aliphatic hydroxyl groups is 1. The molecule has 1 heterocycles. The van der Waals surface area contributed by atoms with Gasteiger partial charge in [-0.1, -0.05) is 71.9 Å². The molecule has 4 aromatic rings. The Hall–Kier alpha value is -4.43. The molecule has 3 aromatic carbocycles. The number of nitrogens with zero attached hydrogens (tertiary/aromatic N) is 1. The standard InChI is InChI=1S/C27H24N2O6/c30-23-9-5-4-8-21(23)25-16-22(29-35-25)26(32)28-20(15-24(31)27(33)34)14-17-10-12-19(13-11-17)18-6-2-1-3-7-18/h1-13,16,20,24,30-31H,14-15H2,(H,28,32)(H,33,34)/t20-,24?/m1/s1. The Balaban J connectivity index is 1.49. The number of benzene rings is 3. The monoisotopic (exact) mass is 472 g/mol. The molecule has 0 aliphatic heterocycles. The van der Waals surface area contributed by atoms with E-state index in [1.807, 2.05) is 54.6 Å². The van der Waals surface area contributed by atoms with Gasteiger partial charge in [0.15, 0.2) is 17.6 Å². The summed E-state index contributed by atoms with van der Waals surface area (Å²) >= 11 is 0. The summed E-state index contributed by atoms with van der Waals surface area (Å²) in [7, 11) is 0. The van der Waals surface area contributed by atoms with E-state index in [0.29, 0.717) is 12.0 Å². The third-order valence-corrected chi connectivity index (χ3v) is 5.58. The highest BCUT2D eigenvalue weighted by atomic mass is 16.5. The van der Waals surface area contributed by atoms with Crippen LogP contribution in [0.3, 0.4) is 0 Å². The molecule has 1 amide bonds. The smallest absolute Gasteiger partial charge is 0.332 e. The van der Waals surface area contributed by atoms with Crippen LogP contribution >= 0.6 is 0 Å². The van der Waals surface area contributed by atoms with Crippen LogP contribution in [0.15, 0.2) is 89.5 Å². The molecule has 1 aromatic heterocycles. The van der Waals surface area contributed by atoms with Gasteiger partial charge in [0.2, 0.25) is 0 Å². The van der Waals surface area contributed by atoms with E-state index >= 15 is 0 Å². The van der Waals surface area contributed by atoms with E-state index < -0.39 is 24.0 Å². The number of phenolic OH excluding ortho intramolecular Hbond substituents is 1. The summed E-state index contributed by atoms with van der Waals surface area (Å²) in [6.45, 7) is 0. The number of carboxylic acid groups (broad SMARTS) is 1. The van der Waals surface area contributed by atoms with Crippen molar-refractivity contribution < 1.29 is 29.4 Å². The van der Waals surface area contributed by atoms with E-state index in [-0.39, 0.29) is 23.6 Å². The van der Waals surface area contributed by atoms with E-state index in [4.69, 9.17) is 9.63 Å². The molecule has 0 aliphatic carbocycles. The number of carbonyl (C=O) groups is 2. The van der Waals surface area contributed by atoms with Crippen molar-refractivity contribution in [3.63, 3.8) is 0 Å². The second-order valence-electron chi connectivity index (χ2n) is 8.12. The van der Waals surface area contributed by atoms with Crippen molar-refractivity contribution in [3.05, 3.63) is 96.2 Å². The molecule has 8 nitrogen and oxygen atoms in total. The van der Waals surface area contributed by atoms with Crippen molar-refractivity contribution in [2.24, 2.45) is 0 Å². The molecule has 4 N–H and O–H groups in total. The number of aliphatic hydroxyl groups excluding tert-OH is 1. The molecule has 0 bridgehead atoms. The lowest BCUT2D eigenvalue weighted by molar-refractivity contribution is -0.147. The molecule has 0 saturated heterocycles. The molecule has 1 unspecified atom stereocenters. The van der Waals surface area contributed by atoms with Crippen LogP contribution in [0, 0.1) is 0 Å². The number of para-hydroxylation sites is 1. The Labute approximate surface area is 201 Å². The first-order chi connectivity index (χ1) is 16.9. The van der Waals surface area contributed by atoms with Crippen molar-refractivity contribution in [3.8, 4) is 28.2 Å². The molecule has 8 heteroatoms. The lowest BCUT2D eigenvalue weighted by Gasteiger charge is -2.20. The Morgan fingerprint density at radius 3 is 2.26 bits per heavy atom. The van der Waals surface area contributed by atoms with Crippen LogP contribution in [-0.4, -0.2) is 44.5 Å². The van der Waals surface area contributed by atoms with Gasteiger partial charge in [-0.25, -0.2) is 4.79 Å². The third-order valence-electron chi connectivity index (χ3n) is 5.58. The third kappa shape index (κ3) is 5.93. The van der Waals surface area contributed by atoms with Crippen LogP contribution in [0.2, 0.25) is 0 Å². The molecule has 2 atom stereocenters. The molecule has 0 saturated carbocycles. The Morgan fingerprint density at radius 2 is 1.57 bits per heavy atom. The number of amides is 1. The first-order valence-corrected chi connectivity index (χ1v) is 11.0. The molecule has 35 heavy (non-hydrogen) atoms. The average molecular weight is 472 g/mol. The number of rotatable bonds is 9. The number of nitrogens with one attached hydrogen (secondary N) is 1. The predicted octanol–water partition coefficient (Wildman–Crippen LogP) is 3.89. The van der Waals surface area contributed by atoms with E-state index in [1.54, 1.807) is 18.2 Å². The highest BCUT2D eigenvalue weighted by molar-refractivity contribution is 5.93. The SMILES string of the molecule is O=C(N[C@H](Cc1ccc(-c2ccccc2)cc1)CC(O)C(=O)O)c1cc(-c2ccccc2O)on1. The normalized spacial score (nSPS) is 12.6. The fourth-order valence-electron chi connectivity index (χ4n) is 3.76. The van der Waals surface area contributed by atoms with E-state index in [1.165, 1.54) is 12.1 Å². The van der Waals surface area contributed by atoms with Crippen molar-refractivity contribution in [1.29, 1.82) is 0 Å². The number of phenols is 1. The number of aromatic nitrogens is 1. The van der Waals surface area contributed by atoms with Crippen molar-refractivity contribution >= 4 is 11.9 Å². The van der Waals surface area contributed by atoms with Gasteiger partial charge in [-0.15, -0.1) is 0 Å². The molecular formula is C27H24N2O6. The Bertz CT molecular complexity index is 1300. The topological polar surface area (TPSA) is 133 Å². The number of aliphatic carboxylic acids is 1. The lowest BCUT2D eigenvalue weighted by atomic mass is 9.97. The number of carboxylic acids is 1. The number of hydrogen-bond donors (Lipinski definition) is 4. The van der Waals surface area contributed by atoms with Gasteiger partial charge in [0.05, 0.1) is 5.56 Å². The second kappa shape index (κ2) is 10.7. The molecule has 4 rings (SSSR count). The van der Waals surface area contributed by atoms with Crippen LogP contribution < -0.4 is 5.32 Å². The lowest BCUT2D eigenvalue weighted by Crippen LogP contribution is -2.40. The minimum atomic E-state index is -1.64. The highest BCUT2D eigenvalue weighted by Crippen LogP contribution is 2.29. The maximum Gasteiger partial charge on any atom is 0.332 e. The van der Waals surface area contributed by atoms with Crippen LogP contribution in [0.5, 0.6) is 5.75 Å². The molecule has 0 fully saturated rings. The molecule has 178 valence electrons. The fourth-order valence-corrected chi connectivity index (χ4v) is 3.76. The minimum absolute atomic E-state index is 0.0167. The Morgan fingerprint density at radius 1 is 0.914 bits per heavy atom. The van der Waals surface area contributed by atoms with Crippen molar-refractivity contribution in [2.45, 2.75) is 25.0 Å². The average Bonchev–Trinajstić information content (AvgIpc) is 3.35. The number of carbonyl (C=O) groups excluding carboxylic acids is 1. The summed E-state index contributed by atoms with van der Waals surface area (Å²) in [5.74, 6) is -1.75. The van der Waals surface area contributed by atoms with Gasteiger partial charge in [-0.3, -0.25) is 4.79 Å². The largest absolute Gasteiger partial charge is 0.507 e. The van der Waals surface area contributed by atoms with Crippen LogP contribution in [0.1, 0.15) is 22.5 Å². The molecule has 0 spiro atoms. The first-order valence-electron chi connectivity index (χ1n) is 11.0. The molecule has 0 radical (unpaired) electrons. The first kappa shape index (κ1) is 23.7. The van der Waals surface area contributed by atoms with E-state index in [9.17, 15) is 19.8 Å². The van der Waals surface area contributed by atoms with Gasteiger partial charge in [0.1, 0.15) is 5.75 Å². The van der Waals surface area contributed by atoms with Gasteiger partial charge in [0.25, 0.3) is 5.91 Å². The summed E-state index contributed by atoms with van der Waals surface area (Å²) < 4.78 is 5.21. The van der Waals surface area contributed by atoms with E-state index in [2.05, 4.69) is 10.5 Å². The molecular weight excluding hydrogens is 448 g/mol. The van der Waals surface area contributed by atoms with Gasteiger partial charge in [-0.05, 0) is 35.2 Å². The van der Waals surface area contributed by atoms with Gasteiger partial charge >= 0.3 is 5.97 Å². The predicted molar refractivity (Wildman–Crippen MR) is 129 cm³/mol. The summed E-state index contributed by atoms with van der Waals surface area (Å²) in [6, 6.07) is 24.8. The maximum atomic E-state index is 12.8. The summed E-state index contributed by atoms with van der Waals surface area (Å²) in [5.41, 5.74) is 3.31. The van der Waals surface area contributed by atoms with Crippen molar-refractivity contribution in [2.75, 3.05) is 0 Å². The second-order valence-corrected chi connectivity index (χ2v) is 8.12. The van der Waals surface area contributed by atoms with Crippen LogP contribution in [-0.2, 0) is 11.2 Å². The quantitative estimate of drug-likeness (QED) is 0.290. The summed E-state index contributed by atoms with van der Waals surface area (Å²) in [5, 5.41) is 35.6. The molecule has 0 aliphatic rings. The fraction of sp³-hybridized carbons (Fsp3) is 0.148. The maximum absolute atomic E-state index is 12.8. The highest BCUT2D eigenvalue weighted by Gasteiger charge is 2.24. The zero-order chi connectivity index (χ0) is 24.8. The zero-order valence-corrected chi connectivity index (χ0v) is 18.7. The minimum Gasteiger partial charge on any atom is -0.507 e. The van der Waals surface area contributed by atoms with Gasteiger partial charge < -0.3 is 25.2 Å². The van der Waals surface area contributed by atoms with Gasteiger partial charge in [-0.2, -0.15) is 0 Å². The van der Waals surface area contributed by atoms with Crippen LogP contribution in [0.4, 0.5) is 0 Å². The van der Waals surface area contributed by atoms with Crippen LogP contribution in [0.25, 0.3) is 22.5 Å². The number of hydrogen-bond acceptors (Lipinski definition) is 6. The van der Waals surface area contributed by atoms with Gasteiger partial charge in [0, 0.05) is 18.5 Å². The Kier molecular flexibility index (Phi) is 7.23. The summed E-state index contributed by atoms with van der Waals surface area (Å²) in [6.07, 6.45) is -1.53. The zero-order valence-electron chi connectivity index (χ0n) is 18.7. The van der Waals surface area contributed by atoms with E-state index in [0.717, 1.165) is 16.7 Å².